The average Bonchev–Trinajstić information content (AvgIpc) is 2.19. The number of amides is 1. The molecule has 0 fully saturated rings. The van der Waals surface area contributed by atoms with E-state index in [2.05, 4.69) is 5.32 Å². The van der Waals surface area contributed by atoms with Crippen LogP contribution in [0.25, 0.3) is 0 Å². The maximum Gasteiger partial charge on any atom is 0.416 e. The van der Waals surface area contributed by atoms with Crippen molar-refractivity contribution in [3.63, 3.8) is 0 Å². The van der Waals surface area contributed by atoms with E-state index in [4.69, 9.17) is 34.8 Å². The van der Waals surface area contributed by atoms with Crippen LogP contribution >= 0.6 is 34.8 Å². The highest BCUT2D eigenvalue weighted by Gasteiger charge is 2.31. The number of alkyl halides is 5. The van der Waals surface area contributed by atoms with Crippen molar-refractivity contribution in [2.45, 2.75) is 11.0 Å². The van der Waals surface area contributed by atoms with Gasteiger partial charge in [0.05, 0.1) is 16.3 Å². The summed E-state index contributed by atoms with van der Waals surface area (Å²) in [4.78, 5) is 9.72. The second-order valence-electron chi connectivity index (χ2n) is 2.98. The molecule has 1 amide bonds. The highest BCUT2D eigenvalue weighted by atomic mass is 35.5. The minimum absolute atomic E-state index is 0.0414. The van der Waals surface area contributed by atoms with Crippen molar-refractivity contribution in [3.8, 4) is 0 Å². The Labute approximate surface area is 110 Å². The summed E-state index contributed by atoms with van der Waals surface area (Å²) in [6.07, 6.45) is -4.52. The molecule has 0 saturated heterocycles. The maximum atomic E-state index is 12.4. The Balaban J connectivity index is 3.03. The van der Waals surface area contributed by atoms with E-state index in [1.54, 1.807) is 0 Å². The second kappa shape index (κ2) is 5.33. The summed E-state index contributed by atoms with van der Waals surface area (Å²) in [5.74, 6) is -0.852. The van der Waals surface area contributed by atoms with Gasteiger partial charge < -0.3 is 5.32 Å². The van der Waals surface area contributed by atoms with Crippen LogP contribution < -0.4 is 5.32 Å². The Morgan fingerprint density at radius 3 is 2.35 bits per heavy atom. The van der Waals surface area contributed by atoms with E-state index < -0.39 is 22.5 Å². The predicted octanol–water partition coefficient (Wildman–Crippen LogP) is 4.10. The number of anilines is 1. The Morgan fingerprint density at radius 2 is 1.88 bits per heavy atom. The molecule has 0 unspecified atom stereocenters. The van der Waals surface area contributed by atoms with Crippen LogP contribution in [0.5, 0.6) is 0 Å². The van der Waals surface area contributed by atoms with Crippen LogP contribution in [-0.2, 0) is 11.0 Å². The normalized spacial score (nSPS) is 11.7. The smallest absolute Gasteiger partial charge is 0.322 e. The molecule has 0 bridgehead atoms. The number of hydrogen-bond acceptors (Lipinski definition) is 1. The second-order valence-corrected chi connectivity index (χ2v) is 4.49. The van der Waals surface area contributed by atoms with E-state index in [1.807, 2.05) is 0 Å². The highest BCUT2D eigenvalue weighted by Crippen LogP contribution is 2.33. The first-order chi connectivity index (χ1) is 7.71. The van der Waals surface area contributed by atoms with Crippen molar-refractivity contribution in [2.75, 3.05) is 5.32 Å². The van der Waals surface area contributed by atoms with Gasteiger partial charge in [-0.2, -0.15) is 13.2 Å². The summed E-state index contributed by atoms with van der Waals surface area (Å²) in [7, 11) is 0. The van der Waals surface area contributed by atoms with Crippen LogP contribution in [-0.4, -0.2) is 10.7 Å². The van der Waals surface area contributed by atoms with Gasteiger partial charge >= 0.3 is 6.18 Å². The third-order valence-corrected chi connectivity index (χ3v) is 2.48. The Morgan fingerprint density at radius 1 is 1.29 bits per heavy atom. The summed E-state index contributed by atoms with van der Waals surface area (Å²) in [6.45, 7) is 0. The number of rotatable bonds is 2. The molecule has 0 spiro atoms. The molecule has 0 aliphatic heterocycles. The molecule has 1 aromatic carbocycles. The predicted molar refractivity (Wildman–Crippen MR) is 60.6 cm³/mol. The monoisotopic (exact) mass is 305 g/mol. The van der Waals surface area contributed by atoms with E-state index in [0.717, 1.165) is 12.1 Å². The number of nitrogens with one attached hydrogen (secondary N) is 1. The molecule has 1 aromatic rings. The molecular formula is C9H5Cl3F3NO. The average molecular weight is 306 g/mol. The number of halogens is 6. The summed E-state index contributed by atoms with van der Waals surface area (Å²) in [5, 5.41) is 2.05. The zero-order chi connectivity index (χ0) is 13.2. The zero-order valence-corrected chi connectivity index (χ0v) is 10.3. The maximum absolute atomic E-state index is 12.4. The fourth-order valence-corrected chi connectivity index (χ4v) is 1.26. The van der Waals surface area contributed by atoms with Gasteiger partial charge in [0.2, 0.25) is 0 Å². The van der Waals surface area contributed by atoms with Gasteiger partial charge in [-0.25, -0.2) is 0 Å². The topological polar surface area (TPSA) is 29.1 Å². The van der Waals surface area contributed by atoms with Gasteiger partial charge in [0.1, 0.15) is 0 Å². The standard InChI is InChI=1S/C9H5Cl3F3NO/c10-5-2-1-4(9(13,14)15)3-6(5)16-8(17)7(11)12/h1-3,7H,(H,16,17). The lowest BCUT2D eigenvalue weighted by Gasteiger charge is -2.11. The molecule has 2 nitrogen and oxygen atoms in total. The van der Waals surface area contributed by atoms with Gasteiger partial charge in [-0.3, -0.25) is 4.79 Å². The molecule has 0 atom stereocenters. The highest BCUT2D eigenvalue weighted by molar-refractivity contribution is 6.54. The SMILES string of the molecule is O=C(Nc1cc(C(F)(F)F)ccc1Cl)C(Cl)Cl. The first kappa shape index (κ1) is 14.4. The lowest BCUT2D eigenvalue weighted by molar-refractivity contribution is -0.137. The molecule has 1 N–H and O–H groups in total. The molecule has 8 heteroatoms. The van der Waals surface area contributed by atoms with Gasteiger partial charge in [-0.1, -0.05) is 34.8 Å². The molecule has 0 radical (unpaired) electrons. The van der Waals surface area contributed by atoms with Crippen LogP contribution in [0, 0.1) is 0 Å². The number of benzene rings is 1. The first-order valence-corrected chi connectivity index (χ1v) is 5.42. The third kappa shape index (κ3) is 3.94. The van der Waals surface area contributed by atoms with Crippen LogP contribution in [0.3, 0.4) is 0 Å². The van der Waals surface area contributed by atoms with Crippen molar-refractivity contribution in [1.29, 1.82) is 0 Å². The summed E-state index contributed by atoms with van der Waals surface area (Å²) in [6, 6.07) is 2.53. The first-order valence-electron chi connectivity index (χ1n) is 4.17. The number of hydrogen-bond donors (Lipinski definition) is 1. The molecule has 1 rings (SSSR count). The molecule has 0 aliphatic carbocycles. The molecule has 0 aromatic heterocycles. The van der Waals surface area contributed by atoms with Gasteiger partial charge in [-0.15, -0.1) is 0 Å². The quantitative estimate of drug-likeness (QED) is 0.819. The fraction of sp³-hybridized carbons (Fsp3) is 0.222. The minimum atomic E-state index is -4.52. The lowest BCUT2D eigenvalue weighted by atomic mass is 10.2. The Bertz CT molecular complexity index is 434. The number of carbonyl (C=O) groups is 1. The van der Waals surface area contributed by atoms with Gasteiger partial charge in [-0.05, 0) is 18.2 Å². The molecule has 94 valence electrons. The largest absolute Gasteiger partial charge is 0.416 e. The van der Waals surface area contributed by atoms with Crippen LogP contribution in [0.4, 0.5) is 18.9 Å². The fourth-order valence-electron chi connectivity index (χ4n) is 0.985. The van der Waals surface area contributed by atoms with Crippen molar-refractivity contribution in [3.05, 3.63) is 28.8 Å². The van der Waals surface area contributed by atoms with E-state index in [-0.39, 0.29) is 10.7 Å². The Kier molecular flexibility index (Phi) is 4.52. The van der Waals surface area contributed by atoms with Gasteiger partial charge in [0.15, 0.2) is 4.84 Å². The van der Waals surface area contributed by atoms with Crippen molar-refractivity contribution >= 4 is 46.4 Å². The molecule has 0 heterocycles. The zero-order valence-electron chi connectivity index (χ0n) is 7.99. The summed E-state index contributed by atoms with van der Waals surface area (Å²) in [5.41, 5.74) is -1.13. The van der Waals surface area contributed by atoms with E-state index in [1.165, 1.54) is 0 Å². The van der Waals surface area contributed by atoms with Crippen molar-refractivity contribution in [1.82, 2.24) is 0 Å². The molecule has 0 saturated carbocycles. The Hall–Kier alpha value is -0.650. The molecular weight excluding hydrogens is 301 g/mol. The lowest BCUT2D eigenvalue weighted by Crippen LogP contribution is -2.19. The number of carbonyl (C=O) groups excluding carboxylic acids is 1. The summed E-state index contributed by atoms with van der Waals surface area (Å²) < 4.78 is 37.2. The van der Waals surface area contributed by atoms with Crippen molar-refractivity contribution < 1.29 is 18.0 Å². The minimum Gasteiger partial charge on any atom is -0.322 e. The van der Waals surface area contributed by atoms with E-state index in [0.29, 0.717) is 6.07 Å². The molecule has 0 aliphatic rings. The molecule has 17 heavy (non-hydrogen) atoms. The van der Waals surface area contributed by atoms with Crippen LogP contribution in [0.1, 0.15) is 5.56 Å². The van der Waals surface area contributed by atoms with Crippen LogP contribution in [0.15, 0.2) is 18.2 Å². The van der Waals surface area contributed by atoms with Gasteiger partial charge in [0, 0.05) is 0 Å². The van der Waals surface area contributed by atoms with E-state index >= 15 is 0 Å². The van der Waals surface area contributed by atoms with Crippen LogP contribution in [0.2, 0.25) is 5.02 Å². The summed E-state index contributed by atoms with van der Waals surface area (Å²) >= 11 is 16.1. The third-order valence-electron chi connectivity index (χ3n) is 1.75. The van der Waals surface area contributed by atoms with Crippen molar-refractivity contribution in [2.24, 2.45) is 0 Å². The van der Waals surface area contributed by atoms with E-state index in [9.17, 15) is 18.0 Å². The van der Waals surface area contributed by atoms with Gasteiger partial charge in [0.25, 0.3) is 5.91 Å².